The maximum Gasteiger partial charge on any atom is 0.277 e. The lowest BCUT2D eigenvalue weighted by Crippen LogP contribution is -2.37. The van der Waals surface area contributed by atoms with Crippen molar-refractivity contribution in [3.8, 4) is 0 Å². The zero-order chi connectivity index (χ0) is 24.7. The summed E-state index contributed by atoms with van der Waals surface area (Å²) in [4.78, 5) is 37.0. The van der Waals surface area contributed by atoms with Gasteiger partial charge in [-0.1, -0.05) is 13.8 Å². The largest absolute Gasteiger partial charge is 0.294 e. The molecule has 2 amide bonds. The summed E-state index contributed by atoms with van der Waals surface area (Å²) in [6, 6.07) is 6.80. The Kier molecular flexibility index (Phi) is 5.96. The molecule has 0 aliphatic heterocycles. The van der Waals surface area contributed by atoms with Gasteiger partial charge in [-0.2, -0.15) is 0 Å². The van der Waals surface area contributed by atoms with Gasteiger partial charge in [-0.3, -0.25) is 25.1 Å². The van der Waals surface area contributed by atoms with Gasteiger partial charge in [0.25, 0.3) is 5.91 Å². The number of hydrogen-bond donors (Lipinski definition) is 3. The van der Waals surface area contributed by atoms with Gasteiger partial charge in [-0.15, -0.1) is 0 Å². The number of halogens is 1. The fourth-order valence-electron chi connectivity index (χ4n) is 5.98. The Labute approximate surface area is 202 Å². The van der Waals surface area contributed by atoms with E-state index in [9.17, 15) is 14.0 Å². The van der Waals surface area contributed by atoms with Gasteiger partial charge in [0, 0.05) is 29.4 Å². The molecule has 35 heavy (non-hydrogen) atoms. The predicted octanol–water partition coefficient (Wildman–Crippen LogP) is 4.47. The Morgan fingerprint density at radius 3 is 2.37 bits per heavy atom. The minimum atomic E-state index is -0.719. The zero-order valence-electron chi connectivity index (χ0n) is 19.7. The Balaban J connectivity index is 1.24. The first kappa shape index (κ1) is 23.3. The minimum Gasteiger partial charge on any atom is -0.294 e. The normalized spacial score (nSPS) is 23.8. The molecule has 2 heterocycles. The molecule has 2 aliphatic carbocycles. The lowest BCUT2D eigenvalue weighted by Gasteiger charge is -2.31. The van der Waals surface area contributed by atoms with Crippen molar-refractivity contribution in [1.29, 1.82) is 0 Å². The molecule has 3 aromatic rings. The number of carbonyl (C=O) groups is 2. The average molecular weight is 478 g/mol. The quantitative estimate of drug-likeness (QED) is 0.369. The van der Waals surface area contributed by atoms with Crippen LogP contribution in [0.5, 0.6) is 0 Å². The minimum absolute atomic E-state index is 0.0904. The second-order valence-electron chi connectivity index (χ2n) is 10.3. The Morgan fingerprint density at radius 1 is 1.03 bits per heavy atom. The van der Waals surface area contributed by atoms with Gasteiger partial charge in [-0.25, -0.2) is 19.8 Å². The van der Waals surface area contributed by atoms with Crippen molar-refractivity contribution in [3.63, 3.8) is 0 Å². The predicted molar refractivity (Wildman–Crippen MR) is 127 cm³/mol. The number of carbonyl (C=O) groups excluding carboxylic acids is 2. The van der Waals surface area contributed by atoms with Gasteiger partial charge in [0.15, 0.2) is 0 Å². The molecular formula is C26H28FN5O3. The van der Waals surface area contributed by atoms with Crippen molar-refractivity contribution in [1.82, 2.24) is 20.4 Å². The Morgan fingerprint density at radius 2 is 1.71 bits per heavy atom. The molecule has 0 radical (unpaired) electrons. The zero-order valence-corrected chi connectivity index (χ0v) is 19.7. The lowest BCUT2D eigenvalue weighted by atomic mass is 9.75. The van der Waals surface area contributed by atoms with Gasteiger partial charge < -0.3 is 0 Å². The molecule has 182 valence electrons. The van der Waals surface area contributed by atoms with Crippen LogP contribution in [0.2, 0.25) is 0 Å². The average Bonchev–Trinajstić information content (AvgIpc) is 3.43. The maximum absolute atomic E-state index is 13.9. The first-order valence-electron chi connectivity index (χ1n) is 11.9. The number of hydroxylamine groups is 1. The van der Waals surface area contributed by atoms with Crippen LogP contribution in [0.15, 0.2) is 42.9 Å². The Bertz CT molecular complexity index is 1270. The van der Waals surface area contributed by atoms with Gasteiger partial charge in [-0.05, 0) is 79.2 Å². The van der Waals surface area contributed by atoms with Crippen LogP contribution in [-0.2, 0) is 4.79 Å². The van der Waals surface area contributed by atoms with Gasteiger partial charge in [0.1, 0.15) is 5.82 Å². The summed E-state index contributed by atoms with van der Waals surface area (Å²) in [5, 5.41) is 12.4. The van der Waals surface area contributed by atoms with Crippen LogP contribution >= 0.6 is 0 Å². The summed E-state index contributed by atoms with van der Waals surface area (Å²) in [5.41, 5.74) is 2.99. The molecule has 1 aromatic carbocycles. The van der Waals surface area contributed by atoms with E-state index in [1.165, 1.54) is 29.5 Å². The number of pyridine rings is 1. The van der Waals surface area contributed by atoms with Crippen LogP contribution in [0.1, 0.15) is 61.4 Å². The molecule has 0 spiro atoms. The number of nitrogens with one attached hydrogen (secondary N) is 2. The topological polar surface area (TPSA) is 117 Å². The molecule has 3 N–H and O–H groups in total. The van der Waals surface area contributed by atoms with Gasteiger partial charge in [0.05, 0.1) is 11.1 Å². The number of amides is 2. The van der Waals surface area contributed by atoms with Crippen LogP contribution in [0.25, 0.3) is 10.9 Å². The molecule has 8 nitrogen and oxygen atoms in total. The number of aromatic nitrogens is 3. The van der Waals surface area contributed by atoms with Crippen molar-refractivity contribution in [2.45, 2.75) is 45.4 Å². The molecule has 2 aromatic heterocycles. The van der Waals surface area contributed by atoms with E-state index in [1.54, 1.807) is 12.1 Å². The first-order chi connectivity index (χ1) is 16.8. The summed E-state index contributed by atoms with van der Waals surface area (Å²) in [7, 11) is 0. The van der Waals surface area contributed by atoms with Crippen LogP contribution in [0, 0.1) is 29.0 Å². The lowest BCUT2D eigenvalue weighted by molar-refractivity contribution is -0.126. The van der Waals surface area contributed by atoms with Gasteiger partial charge in [0.2, 0.25) is 11.9 Å². The summed E-state index contributed by atoms with van der Waals surface area (Å²) in [6.07, 6.45) is 8.31. The van der Waals surface area contributed by atoms with E-state index in [0.29, 0.717) is 17.8 Å². The second-order valence-corrected chi connectivity index (χ2v) is 10.3. The molecule has 9 heteroatoms. The van der Waals surface area contributed by atoms with Crippen LogP contribution < -0.4 is 10.8 Å². The number of anilines is 1. The highest BCUT2D eigenvalue weighted by Crippen LogP contribution is 2.56. The van der Waals surface area contributed by atoms with Crippen molar-refractivity contribution in [2.24, 2.45) is 23.2 Å². The van der Waals surface area contributed by atoms with E-state index in [0.717, 1.165) is 36.6 Å². The van der Waals surface area contributed by atoms with E-state index in [4.69, 9.17) is 5.21 Å². The molecule has 2 unspecified atom stereocenters. The summed E-state index contributed by atoms with van der Waals surface area (Å²) in [5.74, 6) is 0.657. The summed E-state index contributed by atoms with van der Waals surface area (Å²) >= 11 is 0. The van der Waals surface area contributed by atoms with Crippen LogP contribution in [0.4, 0.5) is 10.3 Å². The summed E-state index contributed by atoms with van der Waals surface area (Å²) in [6.45, 7) is 3.91. The number of rotatable bonds is 5. The van der Waals surface area contributed by atoms with Crippen molar-refractivity contribution in [2.75, 3.05) is 5.32 Å². The van der Waals surface area contributed by atoms with Crippen molar-refractivity contribution >= 4 is 28.7 Å². The van der Waals surface area contributed by atoms with Crippen molar-refractivity contribution in [3.05, 3.63) is 59.8 Å². The molecule has 5 rings (SSSR count). The third kappa shape index (κ3) is 4.36. The first-order valence-corrected chi connectivity index (χ1v) is 11.9. The highest BCUT2D eigenvalue weighted by atomic mass is 19.1. The van der Waals surface area contributed by atoms with Gasteiger partial charge >= 0.3 is 0 Å². The molecule has 2 saturated carbocycles. The SMILES string of the molecule is CC(C)(C(=O)Nc1ncc(C(=O)NO)cn1)C1C[C@H]2CC(c3ccnc4ccc(F)cc34)C[C@H]2C1. The van der Waals surface area contributed by atoms with E-state index in [2.05, 4.69) is 20.3 Å². The highest BCUT2D eigenvalue weighted by molar-refractivity contribution is 5.95. The standard InChI is InChI=1S/C26H28FN5O3/c1-26(2,24(34)31-25-29-12-17(13-30-25)23(33)32-35)18-9-14-7-16(8-15(14)10-18)20-5-6-28-22-4-3-19(27)11-21(20)22/h3-6,11-16,18,35H,7-10H2,1-2H3,(H,32,33)(H,29,30,31,34)/t14-,15+,16?,18?. The molecule has 2 aliphatic rings. The van der Waals surface area contributed by atoms with Crippen LogP contribution in [-0.4, -0.2) is 32.0 Å². The maximum atomic E-state index is 13.9. The van der Waals surface area contributed by atoms with Crippen molar-refractivity contribution < 1.29 is 19.2 Å². The third-order valence-corrected chi connectivity index (χ3v) is 8.04. The molecule has 0 saturated heterocycles. The monoisotopic (exact) mass is 477 g/mol. The number of benzene rings is 1. The van der Waals surface area contributed by atoms with E-state index in [-0.39, 0.29) is 29.2 Å². The van der Waals surface area contributed by atoms with Crippen LogP contribution in [0.3, 0.4) is 0 Å². The molecule has 2 fully saturated rings. The third-order valence-electron chi connectivity index (χ3n) is 8.04. The Hall–Kier alpha value is -3.46. The fourth-order valence-corrected chi connectivity index (χ4v) is 5.98. The molecular weight excluding hydrogens is 449 g/mol. The molecule has 0 bridgehead atoms. The smallest absolute Gasteiger partial charge is 0.277 e. The van der Waals surface area contributed by atoms with E-state index >= 15 is 0 Å². The van der Waals surface area contributed by atoms with E-state index in [1.807, 2.05) is 26.1 Å². The van der Waals surface area contributed by atoms with E-state index < -0.39 is 11.3 Å². The highest BCUT2D eigenvalue weighted by Gasteiger charge is 2.49. The second kappa shape index (κ2) is 8.96. The summed E-state index contributed by atoms with van der Waals surface area (Å²) < 4.78 is 13.9. The fraction of sp³-hybridized carbons (Fsp3) is 0.423. The number of hydrogen-bond acceptors (Lipinski definition) is 6. The number of fused-ring (bicyclic) bond motifs is 2. The molecule has 4 atom stereocenters. The number of nitrogens with zero attached hydrogens (tertiary/aromatic N) is 3.